The van der Waals surface area contributed by atoms with E-state index in [0.717, 1.165) is 17.5 Å². The molecule has 1 amide bonds. The lowest BCUT2D eigenvalue weighted by Gasteiger charge is -2.18. The molecule has 0 aromatic heterocycles. The van der Waals surface area contributed by atoms with Gasteiger partial charge in [0.15, 0.2) is 0 Å². The van der Waals surface area contributed by atoms with Crippen molar-refractivity contribution in [3.63, 3.8) is 0 Å². The summed E-state index contributed by atoms with van der Waals surface area (Å²) in [6, 6.07) is 4.59. The number of benzene rings is 1. The fourth-order valence-corrected chi connectivity index (χ4v) is 2.29. The minimum Gasteiger partial charge on any atom is -0.480 e. The van der Waals surface area contributed by atoms with Crippen LogP contribution in [0, 0.1) is 0 Å². The average molecular weight is 277 g/mol. The third kappa shape index (κ3) is 3.36. The summed E-state index contributed by atoms with van der Waals surface area (Å²) < 4.78 is 5.35. The molecule has 1 aromatic carbocycles. The fourth-order valence-electron chi connectivity index (χ4n) is 2.29. The van der Waals surface area contributed by atoms with Crippen LogP contribution in [0.15, 0.2) is 18.2 Å². The van der Waals surface area contributed by atoms with Gasteiger partial charge in [0.2, 0.25) is 0 Å². The zero-order valence-electron chi connectivity index (χ0n) is 11.5. The third-order valence-electron chi connectivity index (χ3n) is 3.42. The van der Waals surface area contributed by atoms with Gasteiger partial charge in [-0.25, -0.2) is 4.79 Å². The van der Waals surface area contributed by atoms with Gasteiger partial charge >= 0.3 is 5.97 Å². The number of hydrogen-bond acceptors (Lipinski definition) is 3. The first-order valence-electron chi connectivity index (χ1n) is 6.85. The smallest absolute Gasteiger partial charge is 0.326 e. The van der Waals surface area contributed by atoms with Gasteiger partial charge < -0.3 is 15.2 Å². The van der Waals surface area contributed by atoms with Crippen LogP contribution < -0.4 is 5.32 Å². The predicted molar refractivity (Wildman–Crippen MR) is 73.6 cm³/mol. The van der Waals surface area contributed by atoms with Gasteiger partial charge in [0.1, 0.15) is 6.04 Å². The largest absolute Gasteiger partial charge is 0.480 e. The Hall–Kier alpha value is -1.88. The van der Waals surface area contributed by atoms with Crippen LogP contribution in [0.2, 0.25) is 0 Å². The second-order valence-electron chi connectivity index (χ2n) is 4.94. The Labute approximate surface area is 117 Å². The molecule has 20 heavy (non-hydrogen) atoms. The van der Waals surface area contributed by atoms with Crippen molar-refractivity contribution in [3.8, 4) is 0 Å². The minimum absolute atomic E-state index is 0.333. The van der Waals surface area contributed by atoms with Crippen molar-refractivity contribution >= 4 is 11.9 Å². The summed E-state index contributed by atoms with van der Waals surface area (Å²) in [4.78, 5) is 23.2. The highest BCUT2D eigenvalue weighted by Gasteiger charge is 2.20. The van der Waals surface area contributed by atoms with Crippen molar-refractivity contribution in [2.75, 3.05) is 6.61 Å². The zero-order chi connectivity index (χ0) is 14.5. The maximum atomic E-state index is 12.1. The molecule has 1 atom stereocenters. The van der Waals surface area contributed by atoms with Crippen LogP contribution in [-0.4, -0.2) is 29.6 Å². The Morgan fingerprint density at radius 1 is 1.40 bits per heavy atom. The van der Waals surface area contributed by atoms with Gasteiger partial charge in [-0.05, 0) is 36.1 Å². The van der Waals surface area contributed by atoms with Gasteiger partial charge in [0, 0.05) is 5.56 Å². The van der Waals surface area contributed by atoms with Crippen molar-refractivity contribution in [3.05, 3.63) is 34.9 Å². The van der Waals surface area contributed by atoms with E-state index in [9.17, 15) is 9.59 Å². The van der Waals surface area contributed by atoms with E-state index in [1.165, 1.54) is 0 Å². The topological polar surface area (TPSA) is 75.6 Å². The Morgan fingerprint density at radius 3 is 2.90 bits per heavy atom. The fraction of sp³-hybridized carbons (Fsp3) is 0.467. The molecule has 1 unspecified atom stereocenters. The molecule has 0 aliphatic carbocycles. The molecule has 1 aliphatic heterocycles. The van der Waals surface area contributed by atoms with E-state index in [1.54, 1.807) is 6.07 Å². The average Bonchev–Trinajstić information content (AvgIpc) is 2.46. The SMILES string of the molecule is CCCC(NC(=O)c1ccc2c(c1)CCOC2)C(=O)O. The molecule has 1 heterocycles. The van der Waals surface area contributed by atoms with Crippen molar-refractivity contribution in [2.45, 2.75) is 38.8 Å². The number of carboxylic acid groups (broad SMARTS) is 1. The van der Waals surface area contributed by atoms with E-state index >= 15 is 0 Å². The quantitative estimate of drug-likeness (QED) is 0.859. The standard InChI is InChI=1S/C15H19NO4/c1-2-3-13(15(18)19)16-14(17)11-4-5-12-9-20-7-6-10(12)8-11/h4-5,8,13H,2-3,6-7,9H2,1H3,(H,16,17)(H,18,19). The Balaban J connectivity index is 2.10. The molecule has 2 rings (SSSR count). The lowest BCUT2D eigenvalue weighted by Crippen LogP contribution is -2.40. The monoisotopic (exact) mass is 277 g/mol. The summed E-state index contributed by atoms with van der Waals surface area (Å²) in [5.74, 6) is -1.33. The summed E-state index contributed by atoms with van der Waals surface area (Å²) in [5, 5.41) is 11.6. The molecule has 0 saturated heterocycles. The highest BCUT2D eigenvalue weighted by atomic mass is 16.5. The van der Waals surface area contributed by atoms with Crippen molar-refractivity contribution in [2.24, 2.45) is 0 Å². The number of fused-ring (bicyclic) bond motifs is 1. The molecule has 0 fully saturated rings. The Bertz CT molecular complexity index is 513. The van der Waals surface area contributed by atoms with E-state index in [-0.39, 0.29) is 5.91 Å². The number of aliphatic carboxylic acids is 1. The summed E-state index contributed by atoms with van der Waals surface area (Å²) in [5.41, 5.74) is 2.70. The molecule has 1 aromatic rings. The first kappa shape index (κ1) is 14.5. The van der Waals surface area contributed by atoms with Gasteiger partial charge in [-0.1, -0.05) is 19.4 Å². The molecular formula is C15H19NO4. The van der Waals surface area contributed by atoms with Crippen molar-refractivity contribution in [1.82, 2.24) is 5.32 Å². The van der Waals surface area contributed by atoms with Crippen molar-refractivity contribution < 1.29 is 19.4 Å². The van der Waals surface area contributed by atoms with Crippen LogP contribution in [0.3, 0.4) is 0 Å². The van der Waals surface area contributed by atoms with Gasteiger partial charge in [-0.3, -0.25) is 4.79 Å². The molecule has 2 N–H and O–H groups in total. The summed E-state index contributed by atoms with van der Waals surface area (Å²) >= 11 is 0. The van der Waals surface area contributed by atoms with E-state index in [2.05, 4.69) is 5.32 Å². The first-order valence-corrected chi connectivity index (χ1v) is 6.85. The van der Waals surface area contributed by atoms with Gasteiger partial charge in [-0.15, -0.1) is 0 Å². The Morgan fingerprint density at radius 2 is 2.20 bits per heavy atom. The number of hydrogen-bond donors (Lipinski definition) is 2. The third-order valence-corrected chi connectivity index (χ3v) is 3.42. The Kier molecular flexibility index (Phi) is 4.74. The molecule has 1 aliphatic rings. The minimum atomic E-state index is -0.994. The number of nitrogens with one attached hydrogen (secondary N) is 1. The van der Waals surface area contributed by atoms with E-state index in [1.807, 2.05) is 19.1 Å². The van der Waals surface area contributed by atoms with Gasteiger partial charge in [0.25, 0.3) is 5.91 Å². The first-order chi connectivity index (χ1) is 9.61. The van der Waals surface area contributed by atoms with E-state index < -0.39 is 12.0 Å². The molecule has 0 saturated carbocycles. The second kappa shape index (κ2) is 6.52. The maximum Gasteiger partial charge on any atom is 0.326 e. The normalized spacial score (nSPS) is 15.2. The lowest BCUT2D eigenvalue weighted by molar-refractivity contribution is -0.139. The molecule has 0 bridgehead atoms. The van der Waals surface area contributed by atoms with Crippen LogP contribution >= 0.6 is 0 Å². The van der Waals surface area contributed by atoms with Crippen LogP contribution in [0.4, 0.5) is 0 Å². The number of amides is 1. The van der Waals surface area contributed by atoms with Crippen LogP contribution in [-0.2, 0) is 22.6 Å². The summed E-state index contributed by atoms with van der Waals surface area (Å²) in [6.07, 6.45) is 1.92. The molecule has 5 heteroatoms. The van der Waals surface area contributed by atoms with Crippen LogP contribution in [0.25, 0.3) is 0 Å². The highest BCUT2D eigenvalue weighted by Crippen LogP contribution is 2.18. The number of carboxylic acids is 1. The molecule has 108 valence electrons. The second-order valence-corrected chi connectivity index (χ2v) is 4.94. The maximum absolute atomic E-state index is 12.1. The number of rotatable bonds is 5. The number of carbonyl (C=O) groups excluding carboxylic acids is 1. The van der Waals surface area contributed by atoms with Crippen LogP contribution in [0.5, 0.6) is 0 Å². The summed E-state index contributed by atoms with van der Waals surface area (Å²) in [6.45, 7) is 3.12. The predicted octanol–water partition coefficient (Wildman–Crippen LogP) is 1.74. The summed E-state index contributed by atoms with van der Waals surface area (Å²) in [7, 11) is 0. The molecule has 0 spiro atoms. The number of ether oxygens (including phenoxy) is 1. The highest BCUT2D eigenvalue weighted by molar-refractivity contribution is 5.96. The molecule has 5 nitrogen and oxygen atoms in total. The van der Waals surface area contributed by atoms with Crippen molar-refractivity contribution in [1.29, 1.82) is 0 Å². The zero-order valence-corrected chi connectivity index (χ0v) is 11.5. The van der Waals surface area contributed by atoms with E-state index in [0.29, 0.717) is 31.6 Å². The van der Waals surface area contributed by atoms with E-state index in [4.69, 9.17) is 9.84 Å². The molecule has 0 radical (unpaired) electrons. The van der Waals surface area contributed by atoms with Gasteiger partial charge in [0.05, 0.1) is 13.2 Å². The number of carbonyl (C=O) groups is 2. The lowest BCUT2D eigenvalue weighted by atomic mass is 10.00. The van der Waals surface area contributed by atoms with Crippen LogP contribution in [0.1, 0.15) is 41.3 Å². The molecular weight excluding hydrogens is 258 g/mol. The van der Waals surface area contributed by atoms with Gasteiger partial charge in [-0.2, -0.15) is 0 Å².